The molecule has 0 aromatic rings. The zero-order valence-corrected chi connectivity index (χ0v) is 4.43. The molecule has 4 heteroatoms. The van der Waals surface area contributed by atoms with Crippen molar-refractivity contribution in [3.63, 3.8) is 0 Å². The average Bonchev–Trinajstić information content (AvgIpc) is 1.65. The second-order valence-electron chi connectivity index (χ2n) is 1.17. The van der Waals surface area contributed by atoms with Gasteiger partial charge >= 0.3 is 6.03 Å². The zero-order valence-electron chi connectivity index (χ0n) is 4.43. The molecule has 0 rings (SSSR count). The fourth-order valence-corrected chi connectivity index (χ4v) is 0.176. The molecule has 0 aliphatic rings. The summed E-state index contributed by atoms with van der Waals surface area (Å²) >= 11 is 0. The van der Waals surface area contributed by atoms with Gasteiger partial charge in [0, 0.05) is 7.05 Å². The fraction of sp³-hybridized carbons (Fsp3) is 0.667. The van der Waals surface area contributed by atoms with Crippen LogP contribution in [-0.2, 0) is 0 Å². The highest BCUT2D eigenvalue weighted by atomic mass is 16.2. The predicted octanol–water partition coefficient (Wildman–Crippen LogP) is -0.659. The number of urea groups is 1. The van der Waals surface area contributed by atoms with Gasteiger partial charge in [-0.05, 0) is 7.05 Å². The van der Waals surface area contributed by atoms with Gasteiger partial charge in [0.25, 0.3) is 0 Å². The number of amides is 2. The quantitative estimate of drug-likeness (QED) is 0.401. The topological polar surface area (TPSA) is 32.3 Å². The molecule has 0 atom stereocenters. The van der Waals surface area contributed by atoms with Gasteiger partial charge in [-0.2, -0.15) is 0 Å². The molecule has 0 aliphatic carbocycles. The minimum absolute atomic E-state index is 0.292. The van der Waals surface area contributed by atoms with Crippen LogP contribution in [0.5, 0.6) is 0 Å². The molecule has 1 N–H and O–H groups in total. The molecule has 3 nitrogen and oxygen atoms in total. The van der Waals surface area contributed by atoms with Crippen LogP contribution in [0.15, 0.2) is 0 Å². The molecule has 38 valence electrons. The van der Waals surface area contributed by atoms with Crippen LogP contribution in [0, 0.1) is 0 Å². The Bertz CT molecular complexity index is 73.3. The van der Waals surface area contributed by atoms with Crippen LogP contribution in [0.2, 0.25) is 0 Å². The molecule has 0 bridgehead atoms. The fourth-order valence-electron chi connectivity index (χ4n) is 0.176. The number of carbonyl (C=O) groups is 1. The lowest BCUT2D eigenvalue weighted by Gasteiger charge is -2.07. The van der Waals surface area contributed by atoms with Crippen molar-refractivity contribution in [1.82, 2.24) is 10.1 Å². The molecule has 7 heavy (non-hydrogen) atoms. The van der Waals surface area contributed by atoms with Crippen LogP contribution in [0.4, 0.5) is 4.79 Å². The maximum absolute atomic E-state index is 10.2. The van der Waals surface area contributed by atoms with Gasteiger partial charge in [0.15, 0.2) is 0 Å². The monoisotopic (exact) mass is 98.1 g/mol. The number of carbonyl (C=O) groups excluding carboxylic acids is 1. The third kappa shape index (κ3) is 2.08. The van der Waals surface area contributed by atoms with Gasteiger partial charge in [-0.3, -0.25) is 4.79 Å². The molecular formula is C3H7BN2O. The Hall–Kier alpha value is -0.665. The van der Waals surface area contributed by atoms with E-state index in [9.17, 15) is 4.79 Å². The molecule has 0 heterocycles. The summed E-state index contributed by atoms with van der Waals surface area (Å²) in [5.41, 5.74) is 0. The zero-order chi connectivity index (χ0) is 5.86. The van der Waals surface area contributed by atoms with Gasteiger partial charge in [-0.1, -0.05) is 0 Å². The summed E-state index contributed by atoms with van der Waals surface area (Å²) in [5, 5.41) is 2.33. The summed E-state index contributed by atoms with van der Waals surface area (Å²) in [6.07, 6.45) is 0. The van der Waals surface area contributed by atoms with Gasteiger partial charge in [-0.15, -0.1) is 0 Å². The highest BCUT2D eigenvalue weighted by Gasteiger charge is 1.93. The largest absolute Gasteiger partial charge is 0.382 e. The van der Waals surface area contributed by atoms with Crippen LogP contribution < -0.4 is 5.32 Å². The second kappa shape index (κ2) is 2.50. The first kappa shape index (κ1) is 6.33. The lowest BCUT2D eigenvalue weighted by Crippen LogP contribution is -2.32. The Kier molecular flexibility index (Phi) is 2.26. The van der Waals surface area contributed by atoms with E-state index >= 15 is 0 Å². The Morgan fingerprint density at radius 2 is 2.29 bits per heavy atom. The van der Waals surface area contributed by atoms with Gasteiger partial charge in [-0.25, -0.2) is 0 Å². The molecule has 0 saturated carbocycles. The van der Waals surface area contributed by atoms with E-state index < -0.39 is 0 Å². The van der Waals surface area contributed by atoms with E-state index in [4.69, 9.17) is 7.98 Å². The molecular weight excluding hydrogens is 90.9 g/mol. The van der Waals surface area contributed by atoms with Crippen LogP contribution in [-0.4, -0.2) is 32.9 Å². The molecule has 0 aromatic heterocycles. The summed E-state index contributed by atoms with van der Waals surface area (Å²) in [5.74, 6) is 0. The van der Waals surface area contributed by atoms with Crippen molar-refractivity contribution >= 4 is 14.0 Å². The molecule has 2 amide bonds. The standard InChI is InChI=1S/C3H7BN2O/c1-5-3(7)6(2)4/h1-2H3,(H,5,7). The number of hydrogen-bond acceptors (Lipinski definition) is 1. The third-order valence-corrected chi connectivity index (χ3v) is 0.534. The lowest BCUT2D eigenvalue weighted by molar-refractivity contribution is 0.231. The van der Waals surface area contributed by atoms with Crippen molar-refractivity contribution < 1.29 is 4.79 Å². The molecule has 0 unspecified atom stereocenters. The molecule has 0 saturated heterocycles. The van der Waals surface area contributed by atoms with E-state index in [0.29, 0.717) is 0 Å². The summed E-state index contributed by atoms with van der Waals surface area (Å²) in [4.78, 5) is 11.2. The van der Waals surface area contributed by atoms with Crippen molar-refractivity contribution in [2.45, 2.75) is 0 Å². The van der Waals surface area contributed by atoms with Crippen LogP contribution in [0.25, 0.3) is 0 Å². The highest BCUT2D eigenvalue weighted by Crippen LogP contribution is 1.69. The van der Waals surface area contributed by atoms with Gasteiger partial charge in [0.1, 0.15) is 0 Å². The minimum Gasteiger partial charge on any atom is -0.382 e. The van der Waals surface area contributed by atoms with Crippen molar-refractivity contribution in [1.29, 1.82) is 0 Å². The summed E-state index contributed by atoms with van der Waals surface area (Å²) < 4.78 is 0. The van der Waals surface area contributed by atoms with Crippen molar-refractivity contribution in [2.24, 2.45) is 0 Å². The Morgan fingerprint density at radius 3 is 2.29 bits per heavy atom. The average molecular weight is 97.9 g/mol. The summed E-state index contributed by atoms with van der Waals surface area (Å²) in [7, 11) is 7.96. The van der Waals surface area contributed by atoms with E-state index in [2.05, 4.69) is 5.32 Å². The molecule has 0 aromatic carbocycles. The maximum Gasteiger partial charge on any atom is 0.303 e. The number of rotatable bonds is 0. The summed E-state index contributed by atoms with van der Waals surface area (Å²) in [6.45, 7) is 0. The van der Waals surface area contributed by atoms with E-state index in [0.717, 1.165) is 4.81 Å². The van der Waals surface area contributed by atoms with Crippen LogP contribution in [0.1, 0.15) is 0 Å². The Balaban J connectivity index is 3.35. The van der Waals surface area contributed by atoms with Crippen LogP contribution >= 0.6 is 0 Å². The van der Waals surface area contributed by atoms with Crippen molar-refractivity contribution in [3.8, 4) is 0 Å². The number of hydrogen-bond donors (Lipinski definition) is 1. The molecule has 0 aliphatic heterocycles. The molecule has 0 spiro atoms. The number of nitrogens with zero attached hydrogens (tertiary/aromatic N) is 1. The van der Waals surface area contributed by atoms with E-state index in [1.807, 2.05) is 0 Å². The third-order valence-electron chi connectivity index (χ3n) is 0.534. The first-order valence-corrected chi connectivity index (χ1v) is 1.88. The first-order valence-electron chi connectivity index (χ1n) is 1.88. The first-order chi connectivity index (χ1) is 3.18. The minimum atomic E-state index is -0.292. The van der Waals surface area contributed by atoms with E-state index in [-0.39, 0.29) is 6.03 Å². The number of nitrogens with one attached hydrogen (secondary N) is 1. The van der Waals surface area contributed by atoms with E-state index in [1.165, 1.54) is 14.1 Å². The van der Waals surface area contributed by atoms with Gasteiger partial charge in [0.2, 0.25) is 7.98 Å². The summed E-state index contributed by atoms with van der Waals surface area (Å²) in [6, 6.07) is -0.292. The second-order valence-corrected chi connectivity index (χ2v) is 1.17. The smallest absolute Gasteiger partial charge is 0.303 e. The maximum atomic E-state index is 10.2. The normalized spacial score (nSPS) is 7.71. The van der Waals surface area contributed by atoms with Crippen molar-refractivity contribution in [3.05, 3.63) is 0 Å². The Morgan fingerprint density at radius 1 is 1.86 bits per heavy atom. The Labute approximate surface area is 44.1 Å². The van der Waals surface area contributed by atoms with E-state index in [1.54, 1.807) is 0 Å². The van der Waals surface area contributed by atoms with Gasteiger partial charge in [0.05, 0.1) is 0 Å². The van der Waals surface area contributed by atoms with Crippen molar-refractivity contribution in [2.75, 3.05) is 14.1 Å². The highest BCUT2D eigenvalue weighted by molar-refractivity contribution is 6.13. The predicted molar refractivity (Wildman–Crippen MR) is 28.0 cm³/mol. The lowest BCUT2D eigenvalue weighted by atomic mass is 10.4. The molecule has 0 fully saturated rings. The van der Waals surface area contributed by atoms with Crippen LogP contribution in [0.3, 0.4) is 0 Å². The molecule has 2 radical (unpaired) electrons. The SMILES string of the molecule is [B]N(C)C(=O)NC. The van der Waals surface area contributed by atoms with Gasteiger partial charge < -0.3 is 10.1 Å².